The standard InChI is InChI=1S/C21H17ClFN3OS/c22-15-5-3-6-16(23)14(15)13-26-18-8-2-1-7-17(18)25-20(26)10-11-24-21(27)19-9-4-12-28-19/h1-9,12H,10-11,13H2,(H,24,27). The summed E-state index contributed by atoms with van der Waals surface area (Å²) in [6, 6.07) is 16.0. The second-order valence-electron chi connectivity index (χ2n) is 6.29. The molecule has 0 radical (unpaired) electrons. The molecule has 0 spiro atoms. The lowest BCUT2D eigenvalue weighted by Gasteiger charge is -2.12. The maximum Gasteiger partial charge on any atom is 0.261 e. The van der Waals surface area contributed by atoms with E-state index < -0.39 is 0 Å². The minimum absolute atomic E-state index is 0.102. The number of thiophene rings is 1. The Morgan fingerprint density at radius 2 is 2.00 bits per heavy atom. The van der Waals surface area contributed by atoms with Crippen LogP contribution in [-0.4, -0.2) is 22.0 Å². The van der Waals surface area contributed by atoms with E-state index in [9.17, 15) is 9.18 Å². The van der Waals surface area contributed by atoms with Gasteiger partial charge in [-0.05, 0) is 35.7 Å². The van der Waals surface area contributed by atoms with E-state index in [1.165, 1.54) is 17.4 Å². The van der Waals surface area contributed by atoms with Gasteiger partial charge in [0, 0.05) is 23.6 Å². The lowest BCUT2D eigenvalue weighted by Crippen LogP contribution is -2.25. The summed E-state index contributed by atoms with van der Waals surface area (Å²) in [7, 11) is 0. The summed E-state index contributed by atoms with van der Waals surface area (Å²) in [6.07, 6.45) is 0.526. The quantitative estimate of drug-likeness (QED) is 0.488. The summed E-state index contributed by atoms with van der Waals surface area (Å²) in [6.45, 7) is 0.714. The average molecular weight is 414 g/mol. The van der Waals surface area contributed by atoms with Crippen molar-refractivity contribution in [2.75, 3.05) is 6.54 Å². The van der Waals surface area contributed by atoms with Crippen LogP contribution >= 0.6 is 22.9 Å². The van der Waals surface area contributed by atoms with Gasteiger partial charge in [-0.15, -0.1) is 11.3 Å². The maximum atomic E-state index is 14.3. The fraction of sp³-hybridized carbons (Fsp3) is 0.143. The third kappa shape index (κ3) is 3.79. The van der Waals surface area contributed by atoms with Crippen molar-refractivity contribution in [2.45, 2.75) is 13.0 Å². The van der Waals surface area contributed by atoms with Crippen molar-refractivity contribution in [2.24, 2.45) is 0 Å². The lowest BCUT2D eigenvalue weighted by atomic mass is 10.2. The Labute approximate surface area is 170 Å². The summed E-state index contributed by atoms with van der Waals surface area (Å²) in [5.74, 6) is 0.323. The van der Waals surface area contributed by atoms with Crippen molar-refractivity contribution in [3.05, 3.63) is 87.1 Å². The van der Waals surface area contributed by atoms with Crippen LogP contribution in [-0.2, 0) is 13.0 Å². The molecule has 4 rings (SSSR count). The number of imidazole rings is 1. The highest BCUT2D eigenvalue weighted by molar-refractivity contribution is 7.12. The molecule has 0 saturated heterocycles. The summed E-state index contributed by atoms with van der Waals surface area (Å²) < 4.78 is 16.3. The molecule has 28 heavy (non-hydrogen) atoms. The molecule has 142 valence electrons. The predicted molar refractivity (Wildman–Crippen MR) is 111 cm³/mol. The topological polar surface area (TPSA) is 46.9 Å². The number of rotatable bonds is 6. The van der Waals surface area contributed by atoms with Gasteiger partial charge in [-0.25, -0.2) is 9.37 Å². The molecule has 0 aliphatic heterocycles. The van der Waals surface area contributed by atoms with E-state index in [0.717, 1.165) is 16.9 Å². The van der Waals surface area contributed by atoms with Crippen molar-refractivity contribution >= 4 is 39.9 Å². The molecule has 2 heterocycles. The zero-order chi connectivity index (χ0) is 19.5. The molecule has 1 amide bonds. The van der Waals surface area contributed by atoms with Crippen LogP contribution < -0.4 is 5.32 Å². The first-order valence-corrected chi connectivity index (χ1v) is 10.1. The van der Waals surface area contributed by atoms with Gasteiger partial charge in [0.15, 0.2) is 0 Å². The van der Waals surface area contributed by atoms with Crippen LogP contribution in [0.5, 0.6) is 0 Å². The van der Waals surface area contributed by atoms with Crippen LogP contribution in [0.2, 0.25) is 5.02 Å². The lowest BCUT2D eigenvalue weighted by molar-refractivity contribution is 0.0958. The number of nitrogens with zero attached hydrogens (tertiary/aromatic N) is 2. The van der Waals surface area contributed by atoms with Crippen molar-refractivity contribution in [1.82, 2.24) is 14.9 Å². The summed E-state index contributed by atoms with van der Waals surface area (Å²) >= 11 is 7.62. The normalized spacial score (nSPS) is 11.1. The third-order valence-corrected chi connectivity index (χ3v) is 5.71. The van der Waals surface area contributed by atoms with Gasteiger partial charge in [0.1, 0.15) is 11.6 Å². The second kappa shape index (κ2) is 8.12. The van der Waals surface area contributed by atoms with Gasteiger partial charge in [-0.2, -0.15) is 0 Å². The van der Waals surface area contributed by atoms with Crippen molar-refractivity contribution in [3.63, 3.8) is 0 Å². The number of para-hydroxylation sites is 2. The number of benzene rings is 2. The van der Waals surface area contributed by atoms with E-state index >= 15 is 0 Å². The van der Waals surface area contributed by atoms with Crippen LogP contribution in [0.1, 0.15) is 21.1 Å². The highest BCUT2D eigenvalue weighted by Gasteiger charge is 2.15. The van der Waals surface area contributed by atoms with Crippen LogP contribution in [0.15, 0.2) is 60.0 Å². The van der Waals surface area contributed by atoms with E-state index in [4.69, 9.17) is 11.6 Å². The molecule has 4 aromatic rings. The molecule has 0 aliphatic carbocycles. The maximum absolute atomic E-state index is 14.3. The number of halogens is 2. The minimum Gasteiger partial charge on any atom is -0.351 e. The Morgan fingerprint density at radius 3 is 2.79 bits per heavy atom. The monoisotopic (exact) mass is 413 g/mol. The number of amides is 1. The predicted octanol–water partition coefficient (Wildman–Crippen LogP) is 4.91. The highest BCUT2D eigenvalue weighted by Crippen LogP contribution is 2.24. The molecule has 7 heteroatoms. The van der Waals surface area contributed by atoms with Gasteiger partial charge in [0.05, 0.1) is 22.5 Å². The number of hydrogen-bond donors (Lipinski definition) is 1. The Kier molecular flexibility index (Phi) is 5.41. The molecule has 1 N–H and O–H groups in total. The molecular weight excluding hydrogens is 397 g/mol. The van der Waals surface area contributed by atoms with E-state index in [2.05, 4.69) is 10.3 Å². The van der Waals surface area contributed by atoms with Gasteiger partial charge in [0.25, 0.3) is 5.91 Å². The Bertz CT molecular complexity index is 1100. The zero-order valence-electron chi connectivity index (χ0n) is 14.9. The first-order chi connectivity index (χ1) is 13.6. The number of carbonyl (C=O) groups is 1. The third-order valence-electron chi connectivity index (χ3n) is 4.49. The molecule has 2 aromatic heterocycles. The fourth-order valence-electron chi connectivity index (χ4n) is 3.12. The smallest absolute Gasteiger partial charge is 0.261 e. The summed E-state index contributed by atoms with van der Waals surface area (Å²) in [4.78, 5) is 17.5. The Hall–Kier alpha value is -2.70. The van der Waals surface area contributed by atoms with E-state index in [0.29, 0.717) is 28.4 Å². The molecule has 0 atom stereocenters. The van der Waals surface area contributed by atoms with E-state index in [1.807, 2.05) is 40.3 Å². The molecule has 2 aromatic carbocycles. The number of aromatic nitrogens is 2. The van der Waals surface area contributed by atoms with Crippen molar-refractivity contribution < 1.29 is 9.18 Å². The number of hydrogen-bond acceptors (Lipinski definition) is 3. The van der Waals surface area contributed by atoms with Gasteiger partial charge < -0.3 is 9.88 Å². The van der Waals surface area contributed by atoms with Gasteiger partial charge in [-0.1, -0.05) is 35.9 Å². The summed E-state index contributed by atoms with van der Waals surface area (Å²) in [5.41, 5.74) is 2.16. The van der Waals surface area contributed by atoms with Crippen LogP contribution in [0, 0.1) is 5.82 Å². The minimum atomic E-state index is -0.345. The average Bonchev–Trinajstić information content (AvgIpc) is 3.33. The second-order valence-corrected chi connectivity index (χ2v) is 7.64. The first-order valence-electron chi connectivity index (χ1n) is 8.82. The van der Waals surface area contributed by atoms with Crippen LogP contribution in [0.25, 0.3) is 11.0 Å². The number of fused-ring (bicyclic) bond motifs is 1. The molecular formula is C21H17ClFN3OS. The SMILES string of the molecule is O=C(NCCc1nc2ccccc2n1Cc1c(F)cccc1Cl)c1cccs1. The van der Waals surface area contributed by atoms with Gasteiger partial charge in [0.2, 0.25) is 0 Å². The van der Waals surface area contributed by atoms with Crippen LogP contribution in [0.4, 0.5) is 4.39 Å². The molecule has 0 aliphatic rings. The highest BCUT2D eigenvalue weighted by atomic mass is 35.5. The van der Waals surface area contributed by atoms with Gasteiger partial charge >= 0.3 is 0 Å². The molecule has 0 saturated carbocycles. The number of nitrogens with one attached hydrogen (secondary N) is 1. The molecule has 0 bridgehead atoms. The van der Waals surface area contributed by atoms with E-state index in [1.54, 1.807) is 18.2 Å². The molecule has 0 unspecified atom stereocenters. The van der Waals surface area contributed by atoms with Crippen molar-refractivity contribution in [1.29, 1.82) is 0 Å². The van der Waals surface area contributed by atoms with Crippen LogP contribution in [0.3, 0.4) is 0 Å². The summed E-state index contributed by atoms with van der Waals surface area (Å²) in [5, 5.41) is 5.16. The first kappa shape index (κ1) is 18.7. The molecule has 4 nitrogen and oxygen atoms in total. The largest absolute Gasteiger partial charge is 0.351 e. The Morgan fingerprint density at radius 1 is 1.14 bits per heavy atom. The fourth-order valence-corrected chi connectivity index (χ4v) is 3.98. The Balaban J connectivity index is 1.59. The van der Waals surface area contributed by atoms with Crippen molar-refractivity contribution in [3.8, 4) is 0 Å². The molecule has 0 fully saturated rings. The number of carbonyl (C=O) groups excluding carboxylic acids is 1. The van der Waals surface area contributed by atoms with E-state index in [-0.39, 0.29) is 18.3 Å². The zero-order valence-corrected chi connectivity index (χ0v) is 16.4. The van der Waals surface area contributed by atoms with Gasteiger partial charge in [-0.3, -0.25) is 4.79 Å².